The molecule has 0 aromatic heterocycles. The highest BCUT2D eigenvalue weighted by Gasteiger charge is 2.17. The lowest BCUT2D eigenvalue weighted by Crippen LogP contribution is -2.32. The summed E-state index contributed by atoms with van der Waals surface area (Å²) in [7, 11) is 0. The number of amides is 2. The Labute approximate surface area is 119 Å². The predicted octanol–water partition coefficient (Wildman–Crippen LogP) is 1.15. The second-order valence-corrected chi connectivity index (χ2v) is 5.14. The van der Waals surface area contributed by atoms with E-state index in [4.69, 9.17) is 5.11 Å². The van der Waals surface area contributed by atoms with Crippen LogP contribution in [0.5, 0.6) is 0 Å². The van der Waals surface area contributed by atoms with Crippen LogP contribution in [0, 0.1) is 0 Å². The molecule has 0 bridgehead atoms. The first kappa shape index (κ1) is 16.5. The lowest BCUT2D eigenvalue weighted by molar-refractivity contribution is -0.137. The SMILES string of the molecule is O=C(O)CCCCCC(=O)NCCC(=O)N1CCCC1. The molecular formula is C14H24N2O4. The minimum atomic E-state index is -0.796. The van der Waals surface area contributed by atoms with Gasteiger partial charge in [0.15, 0.2) is 0 Å². The molecule has 1 heterocycles. The first-order valence-electron chi connectivity index (χ1n) is 7.36. The van der Waals surface area contributed by atoms with Crippen LogP contribution in [-0.2, 0) is 14.4 Å². The summed E-state index contributed by atoms with van der Waals surface area (Å²) in [5, 5.41) is 11.2. The molecule has 2 amide bonds. The molecule has 1 aliphatic rings. The number of nitrogens with zero attached hydrogens (tertiary/aromatic N) is 1. The molecule has 6 heteroatoms. The van der Waals surface area contributed by atoms with Gasteiger partial charge in [0.2, 0.25) is 11.8 Å². The van der Waals surface area contributed by atoms with Gasteiger partial charge in [0, 0.05) is 38.9 Å². The van der Waals surface area contributed by atoms with Gasteiger partial charge in [0.1, 0.15) is 0 Å². The molecule has 0 atom stereocenters. The Morgan fingerprint density at radius 3 is 2.25 bits per heavy atom. The average Bonchev–Trinajstić information content (AvgIpc) is 2.91. The van der Waals surface area contributed by atoms with Gasteiger partial charge in [-0.2, -0.15) is 0 Å². The van der Waals surface area contributed by atoms with E-state index in [1.54, 1.807) is 0 Å². The average molecular weight is 284 g/mol. The van der Waals surface area contributed by atoms with E-state index < -0.39 is 5.97 Å². The maximum atomic E-state index is 11.7. The summed E-state index contributed by atoms with van der Waals surface area (Å²) in [4.78, 5) is 35.3. The van der Waals surface area contributed by atoms with Crippen LogP contribution in [0.1, 0.15) is 51.4 Å². The number of unbranched alkanes of at least 4 members (excludes halogenated alkanes) is 2. The zero-order valence-corrected chi connectivity index (χ0v) is 11.9. The molecule has 1 rings (SSSR count). The van der Waals surface area contributed by atoms with Gasteiger partial charge in [-0.05, 0) is 25.7 Å². The first-order chi connectivity index (χ1) is 9.59. The molecular weight excluding hydrogens is 260 g/mol. The van der Waals surface area contributed by atoms with E-state index in [0.717, 1.165) is 32.4 Å². The molecule has 0 radical (unpaired) electrons. The summed E-state index contributed by atoms with van der Waals surface area (Å²) in [5.41, 5.74) is 0. The van der Waals surface area contributed by atoms with Gasteiger partial charge in [0.05, 0.1) is 0 Å². The molecule has 0 spiro atoms. The van der Waals surface area contributed by atoms with Gasteiger partial charge in [-0.3, -0.25) is 14.4 Å². The van der Waals surface area contributed by atoms with Gasteiger partial charge >= 0.3 is 5.97 Å². The van der Waals surface area contributed by atoms with Gasteiger partial charge in [-0.15, -0.1) is 0 Å². The van der Waals surface area contributed by atoms with Gasteiger partial charge in [0.25, 0.3) is 0 Å². The van der Waals surface area contributed by atoms with Crippen molar-refractivity contribution >= 4 is 17.8 Å². The standard InChI is InChI=1S/C14H24N2O4/c17-12(6-2-1-3-7-14(19)20)15-9-8-13(18)16-10-4-5-11-16/h1-11H2,(H,15,17)(H,19,20). The largest absolute Gasteiger partial charge is 0.481 e. The van der Waals surface area contributed by atoms with E-state index >= 15 is 0 Å². The Kier molecular flexibility index (Phi) is 7.69. The summed E-state index contributed by atoms with van der Waals surface area (Å²) < 4.78 is 0. The van der Waals surface area contributed by atoms with Crippen LogP contribution in [0.2, 0.25) is 0 Å². The highest BCUT2D eigenvalue weighted by molar-refractivity contribution is 5.79. The fraction of sp³-hybridized carbons (Fsp3) is 0.786. The van der Waals surface area contributed by atoms with Crippen LogP contribution in [0.25, 0.3) is 0 Å². The van der Waals surface area contributed by atoms with Crippen LogP contribution >= 0.6 is 0 Å². The zero-order valence-electron chi connectivity index (χ0n) is 11.9. The van der Waals surface area contributed by atoms with Crippen LogP contribution in [0.15, 0.2) is 0 Å². The number of carbonyl (C=O) groups excluding carboxylic acids is 2. The number of rotatable bonds is 9. The predicted molar refractivity (Wildman–Crippen MR) is 74.2 cm³/mol. The summed E-state index contributed by atoms with van der Waals surface area (Å²) >= 11 is 0. The van der Waals surface area contributed by atoms with E-state index in [1.807, 2.05) is 4.90 Å². The van der Waals surface area contributed by atoms with Crippen molar-refractivity contribution in [2.45, 2.75) is 51.4 Å². The number of aliphatic carboxylic acids is 1. The Morgan fingerprint density at radius 2 is 1.60 bits per heavy atom. The second kappa shape index (κ2) is 9.34. The van der Waals surface area contributed by atoms with Crippen LogP contribution in [0.3, 0.4) is 0 Å². The number of hydrogen-bond donors (Lipinski definition) is 2. The van der Waals surface area contributed by atoms with Gasteiger partial charge in [-0.1, -0.05) is 6.42 Å². The fourth-order valence-corrected chi connectivity index (χ4v) is 2.26. The summed E-state index contributed by atoms with van der Waals surface area (Å²) in [6, 6.07) is 0. The Balaban J connectivity index is 1.96. The van der Waals surface area contributed by atoms with Crippen LogP contribution < -0.4 is 5.32 Å². The minimum absolute atomic E-state index is 0.0606. The third-order valence-corrected chi connectivity index (χ3v) is 3.41. The third kappa shape index (κ3) is 7.11. The molecule has 114 valence electrons. The lowest BCUT2D eigenvalue weighted by Gasteiger charge is -2.15. The highest BCUT2D eigenvalue weighted by atomic mass is 16.4. The van der Waals surface area contributed by atoms with Crippen molar-refractivity contribution in [1.82, 2.24) is 10.2 Å². The lowest BCUT2D eigenvalue weighted by atomic mass is 10.1. The van der Waals surface area contributed by atoms with Gasteiger partial charge in [-0.25, -0.2) is 0 Å². The highest BCUT2D eigenvalue weighted by Crippen LogP contribution is 2.08. The first-order valence-corrected chi connectivity index (χ1v) is 7.36. The van der Waals surface area contributed by atoms with Crippen molar-refractivity contribution in [3.63, 3.8) is 0 Å². The number of carbonyl (C=O) groups is 3. The maximum Gasteiger partial charge on any atom is 0.303 e. The van der Waals surface area contributed by atoms with Crippen LogP contribution in [-0.4, -0.2) is 47.4 Å². The fourth-order valence-electron chi connectivity index (χ4n) is 2.26. The summed E-state index contributed by atoms with van der Waals surface area (Å²) in [6.07, 6.45) is 5.12. The monoisotopic (exact) mass is 284 g/mol. The van der Waals surface area contributed by atoms with E-state index in [2.05, 4.69) is 5.32 Å². The summed E-state index contributed by atoms with van der Waals surface area (Å²) in [6.45, 7) is 2.08. The molecule has 20 heavy (non-hydrogen) atoms. The quantitative estimate of drug-likeness (QED) is 0.622. The molecule has 1 aliphatic heterocycles. The number of carboxylic acid groups (broad SMARTS) is 1. The van der Waals surface area contributed by atoms with E-state index in [9.17, 15) is 14.4 Å². The number of likely N-dealkylation sites (tertiary alicyclic amines) is 1. The molecule has 0 aromatic rings. The Hall–Kier alpha value is -1.59. The normalized spacial score (nSPS) is 14.3. The molecule has 0 unspecified atom stereocenters. The van der Waals surface area contributed by atoms with Crippen LogP contribution in [0.4, 0.5) is 0 Å². The number of hydrogen-bond acceptors (Lipinski definition) is 3. The molecule has 6 nitrogen and oxygen atoms in total. The van der Waals surface area contributed by atoms with E-state index in [0.29, 0.717) is 32.2 Å². The molecule has 2 N–H and O–H groups in total. The third-order valence-electron chi connectivity index (χ3n) is 3.41. The molecule has 0 saturated carbocycles. The van der Waals surface area contributed by atoms with E-state index in [-0.39, 0.29) is 18.2 Å². The van der Waals surface area contributed by atoms with Crippen molar-refractivity contribution in [1.29, 1.82) is 0 Å². The molecule has 1 fully saturated rings. The van der Waals surface area contributed by atoms with Gasteiger partial charge < -0.3 is 15.3 Å². The second-order valence-electron chi connectivity index (χ2n) is 5.14. The van der Waals surface area contributed by atoms with E-state index in [1.165, 1.54) is 0 Å². The topological polar surface area (TPSA) is 86.7 Å². The minimum Gasteiger partial charge on any atom is -0.481 e. The summed E-state index contributed by atoms with van der Waals surface area (Å²) in [5.74, 6) is -0.742. The maximum absolute atomic E-state index is 11.7. The molecule has 1 saturated heterocycles. The molecule has 0 aromatic carbocycles. The Morgan fingerprint density at radius 1 is 0.950 bits per heavy atom. The molecule has 0 aliphatic carbocycles. The van der Waals surface area contributed by atoms with Crippen molar-refractivity contribution < 1.29 is 19.5 Å². The van der Waals surface area contributed by atoms with Crippen molar-refractivity contribution in [2.24, 2.45) is 0 Å². The smallest absolute Gasteiger partial charge is 0.303 e. The van der Waals surface area contributed by atoms with Crippen molar-refractivity contribution in [2.75, 3.05) is 19.6 Å². The van der Waals surface area contributed by atoms with Crippen molar-refractivity contribution in [3.8, 4) is 0 Å². The van der Waals surface area contributed by atoms with Crippen molar-refractivity contribution in [3.05, 3.63) is 0 Å². The zero-order chi connectivity index (χ0) is 14.8. The number of carboxylic acids is 1. The number of nitrogens with one attached hydrogen (secondary N) is 1. The Bertz CT molecular complexity index is 338.